The number of ether oxygens (including phenoxy) is 2. The minimum atomic E-state index is -4.71. The lowest BCUT2D eigenvalue weighted by atomic mass is 9.86. The number of methoxy groups -OCH3 is 2. The summed E-state index contributed by atoms with van der Waals surface area (Å²) in [6.07, 6.45) is -1.14. The fourth-order valence-corrected chi connectivity index (χ4v) is 4.05. The molecule has 0 radical (unpaired) electrons. The summed E-state index contributed by atoms with van der Waals surface area (Å²) in [4.78, 5) is 12.3. The van der Waals surface area contributed by atoms with Crippen molar-refractivity contribution in [1.82, 2.24) is 10.6 Å². The highest BCUT2D eigenvalue weighted by Crippen LogP contribution is 2.31. The van der Waals surface area contributed by atoms with Crippen LogP contribution in [0.3, 0.4) is 0 Å². The van der Waals surface area contributed by atoms with E-state index in [0.29, 0.717) is 31.3 Å². The fraction of sp³-hybridized carbons (Fsp3) is 0.458. The number of rotatable bonds is 8. The molecule has 1 amide bonds. The van der Waals surface area contributed by atoms with Gasteiger partial charge >= 0.3 is 6.18 Å². The predicted octanol–water partition coefficient (Wildman–Crippen LogP) is 4.94. The van der Waals surface area contributed by atoms with E-state index in [4.69, 9.17) is 9.47 Å². The Labute approximate surface area is 190 Å². The van der Waals surface area contributed by atoms with Crippen LogP contribution < -0.4 is 20.1 Å². The van der Waals surface area contributed by atoms with E-state index in [2.05, 4.69) is 10.6 Å². The first kappa shape index (κ1) is 24.8. The highest BCUT2D eigenvalue weighted by Gasteiger charge is 2.32. The minimum absolute atomic E-state index is 0.221. The molecule has 2 N–H and O–H groups in total. The van der Waals surface area contributed by atoms with Gasteiger partial charge in [-0.15, -0.1) is 0 Å². The number of hydrogen-bond acceptors (Lipinski definition) is 4. The normalized spacial score (nSPS) is 18.6. The smallest absolute Gasteiger partial charge is 0.416 e. The van der Waals surface area contributed by atoms with Crippen molar-refractivity contribution in [2.75, 3.05) is 20.8 Å². The van der Waals surface area contributed by atoms with Gasteiger partial charge in [-0.05, 0) is 55.9 Å². The van der Waals surface area contributed by atoms with E-state index in [1.54, 1.807) is 14.2 Å². The van der Waals surface area contributed by atoms with Crippen LogP contribution in [0.15, 0.2) is 36.4 Å². The van der Waals surface area contributed by atoms with Gasteiger partial charge in [-0.2, -0.15) is 13.2 Å². The highest BCUT2D eigenvalue weighted by molar-refractivity contribution is 5.94. The van der Waals surface area contributed by atoms with E-state index in [9.17, 15) is 22.4 Å². The monoisotopic (exact) mass is 468 g/mol. The summed E-state index contributed by atoms with van der Waals surface area (Å²) in [5.41, 5.74) is -0.472. The average Bonchev–Trinajstić information content (AvgIpc) is 2.80. The topological polar surface area (TPSA) is 59.6 Å². The Morgan fingerprint density at radius 3 is 2.39 bits per heavy atom. The molecule has 2 aromatic carbocycles. The van der Waals surface area contributed by atoms with Crippen molar-refractivity contribution in [1.29, 1.82) is 0 Å². The van der Waals surface area contributed by atoms with Gasteiger partial charge in [-0.1, -0.05) is 6.07 Å². The van der Waals surface area contributed by atoms with Crippen molar-refractivity contribution in [3.63, 3.8) is 0 Å². The third-order valence-corrected chi connectivity index (χ3v) is 5.96. The van der Waals surface area contributed by atoms with E-state index in [-0.39, 0.29) is 11.5 Å². The molecule has 1 aliphatic carbocycles. The zero-order chi connectivity index (χ0) is 24.0. The molecule has 0 bridgehead atoms. The lowest BCUT2D eigenvalue weighted by Gasteiger charge is -2.29. The lowest BCUT2D eigenvalue weighted by molar-refractivity contribution is -0.137. The number of nitrogens with one attached hydrogen (secondary N) is 2. The number of carbonyl (C=O) groups excluding carboxylic acids is 1. The Hall–Kier alpha value is -2.81. The van der Waals surface area contributed by atoms with Crippen LogP contribution in [0.25, 0.3) is 0 Å². The minimum Gasteiger partial charge on any atom is -0.497 e. The van der Waals surface area contributed by atoms with Gasteiger partial charge in [0.05, 0.1) is 19.8 Å². The summed E-state index contributed by atoms with van der Waals surface area (Å²) >= 11 is 0. The van der Waals surface area contributed by atoms with Crippen LogP contribution in [0.2, 0.25) is 0 Å². The maximum absolute atomic E-state index is 13.5. The van der Waals surface area contributed by atoms with Crippen molar-refractivity contribution in [3.05, 3.63) is 58.9 Å². The molecule has 33 heavy (non-hydrogen) atoms. The first-order valence-corrected chi connectivity index (χ1v) is 10.8. The van der Waals surface area contributed by atoms with Gasteiger partial charge in [0.2, 0.25) is 0 Å². The van der Waals surface area contributed by atoms with Crippen LogP contribution in [0.5, 0.6) is 11.5 Å². The molecule has 2 aromatic rings. The Kier molecular flexibility index (Phi) is 8.18. The van der Waals surface area contributed by atoms with E-state index in [1.807, 2.05) is 18.2 Å². The molecule has 9 heteroatoms. The molecule has 0 atom stereocenters. The number of amides is 1. The van der Waals surface area contributed by atoms with E-state index in [1.165, 1.54) is 0 Å². The zero-order valence-corrected chi connectivity index (χ0v) is 18.6. The van der Waals surface area contributed by atoms with Crippen LogP contribution >= 0.6 is 0 Å². The third-order valence-electron chi connectivity index (χ3n) is 5.96. The fourth-order valence-electron chi connectivity index (χ4n) is 4.05. The standard InChI is InChI=1S/C24H28F4N2O3/c1-32-21-8-5-16(22(12-21)33-2)14-29-20-6-3-15(4-7-20)13-30-23(31)17-9-18(24(26,27)28)11-19(25)10-17/h5,8-12,15,20,29H,3-4,6-7,13-14H2,1-2H3,(H,30,31)/t15-,20+. The third kappa shape index (κ3) is 6.83. The van der Waals surface area contributed by atoms with Crippen molar-refractivity contribution < 1.29 is 31.8 Å². The molecule has 0 spiro atoms. The molecule has 1 fully saturated rings. The molecule has 0 unspecified atom stereocenters. The molecule has 0 saturated heterocycles. The van der Waals surface area contributed by atoms with Crippen LogP contribution in [0.1, 0.15) is 47.2 Å². The van der Waals surface area contributed by atoms with Gasteiger partial charge < -0.3 is 20.1 Å². The van der Waals surface area contributed by atoms with Gasteiger partial charge in [0.15, 0.2) is 0 Å². The molecule has 0 heterocycles. The summed E-state index contributed by atoms with van der Waals surface area (Å²) in [6.45, 7) is 0.996. The molecule has 0 aliphatic heterocycles. The summed E-state index contributed by atoms with van der Waals surface area (Å²) < 4.78 is 62.7. The first-order chi connectivity index (χ1) is 15.7. The van der Waals surface area contributed by atoms with E-state index < -0.39 is 23.5 Å². The van der Waals surface area contributed by atoms with Crippen molar-refractivity contribution in [2.24, 2.45) is 5.92 Å². The van der Waals surface area contributed by atoms with Crippen molar-refractivity contribution in [3.8, 4) is 11.5 Å². The Balaban J connectivity index is 1.46. The maximum atomic E-state index is 13.5. The Morgan fingerprint density at radius 1 is 1.03 bits per heavy atom. The van der Waals surface area contributed by atoms with Crippen LogP contribution in [-0.4, -0.2) is 32.7 Å². The first-order valence-electron chi connectivity index (χ1n) is 10.8. The molecule has 1 saturated carbocycles. The van der Waals surface area contributed by atoms with Gasteiger partial charge in [0.1, 0.15) is 17.3 Å². The summed E-state index contributed by atoms with van der Waals surface area (Å²) in [6, 6.07) is 7.88. The number of halogens is 4. The number of carbonyl (C=O) groups is 1. The number of hydrogen-bond donors (Lipinski definition) is 2. The Morgan fingerprint density at radius 2 is 1.76 bits per heavy atom. The van der Waals surface area contributed by atoms with E-state index >= 15 is 0 Å². The molecule has 1 aliphatic rings. The van der Waals surface area contributed by atoms with Crippen LogP contribution in [-0.2, 0) is 12.7 Å². The summed E-state index contributed by atoms with van der Waals surface area (Å²) in [5, 5.41) is 6.18. The summed E-state index contributed by atoms with van der Waals surface area (Å²) in [7, 11) is 3.22. The molecule has 0 aromatic heterocycles. The molecule has 180 valence electrons. The largest absolute Gasteiger partial charge is 0.497 e. The molecular weight excluding hydrogens is 440 g/mol. The maximum Gasteiger partial charge on any atom is 0.416 e. The van der Waals surface area contributed by atoms with Crippen LogP contribution in [0, 0.1) is 11.7 Å². The molecule has 3 rings (SSSR count). The van der Waals surface area contributed by atoms with Gasteiger partial charge in [0.25, 0.3) is 5.91 Å². The molecule has 5 nitrogen and oxygen atoms in total. The highest BCUT2D eigenvalue weighted by atomic mass is 19.4. The number of alkyl halides is 3. The number of benzene rings is 2. The lowest BCUT2D eigenvalue weighted by Crippen LogP contribution is -2.36. The second kappa shape index (κ2) is 10.9. The predicted molar refractivity (Wildman–Crippen MR) is 116 cm³/mol. The van der Waals surface area contributed by atoms with Gasteiger partial charge in [-0.3, -0.25) is 4.79 Å². The van der Waals surface area contributed by atoms with Crippen molar-refractivity contribution in [2.45, 2.75) is 44.4 Å². The van der Waals surface area contributed by atoms with Gasteiger partial charge in [-0.25, -0.2) is 4.39 Å². The van der Waals surface area contributed by atoms with Gasteiger partial charge in [0, 0.05) is 36.3 Å². The zero-order valence-electron chi connectivity index (χ0n) is 18.6. The SMILES string of the molecule is COc1ccc(CN[C@H]2CC[C@@H](CNC(=O)c3cc(F)cc(C(F)(F)F)c3)CC2)c(OC)c1. The second-order valence-electron chi connectivity index (χ2n) is 8.21. The summed E-state index contributed by atoms with van der Waals surface area (Å²) in [5.74, 6) is -0.0876. The molecular formula is C24H28F4N2O3. The second-order valence-corrected chi connectivity index (χ2v) is 8.21. The van der Waals surface area contributed by atoms with E-state index in [0.717, 1.165) is 48.8 Å². The van der Waals surface area contributed by atoms with Crippen LogP contribution in [0.4, 0.5) is 17.6 Å². The average molecular weight is 468 g/mol. The Bertz CT molecular complexity index is 957. The van der Waals surface area contributed by atoms with Crippen molar-refractivity contribution >= 4 is 5.91 Å². The quantitative estimate of drug-likeness (QED) is 0.539.